The Morgan fingerprint density at radius 2 is 1.82 bits per heavy atom. The number of benzene rings is 1. The molecule has 0 radical (unpaired) electrons. The highest BCUT2D eigenvalue weighted by Crippen LogP contribution is 2.30. The SMILES string of the molecule is Cc1cc(C)cc(NC2CCN3CCCC23)c1. The third-order valence-corrected chi connectivity index (χ3v) is 4.18. The van der Waals surface area contributed by atoms with E-state index >= 15 is 0 Å². The van der Waals surface area contributed by atoms with Crippen molar-refractivity contribution in [2.24, 2.45) is 0 Å². The van der Waals surface area contributed by atoms with E-state index in [0.29, 0.717) is 6.04 Å². The van der Waals surface area contributed by atoms with E-state index in [4.69, 9.17) is 0 Å². The van der Waals surface area contributed by atoms with Gasteiger partial charge < -0.3 is 5.32 Å². The molecule has 2 heterocycles. The Hall–Kier alpha value is -1.02. The lowest BCUT2D eigenvalue weighted by atomic mass is 10.1. The van der Waals surface area contributed by atoms with Crippen LogP contribution in [0.5, 0.6) is 0 Å². The van der Waals surface area contributed by atoms with Crippen LogP contribution in [-0.4, -0.2) is 30.1 Å². The fourth-order valence-corrected chi connectivity index (χ4v) is 3.52. The number of hydrogen-bond acceptors (Lipinski definition) is 2. The van der Waals surface area contributed by atoms with Crippen LogP contribution in [-0.2, 0) is 0 Å². The quantitative estimate of drug-likeness (QED) is 0.840. The van der Waals surface area contributed by atoms with Crippen molar-refractivity contribution in [1.82, 2.24) is 4.90 Å². The lowest BCUT2D eigenvalue weighted by Crippen LogP contribution is -2.33. The molecule has 2 nitrogen and oxygen atoms in total. The minimum absolute atomic E-state index is 0.665. The van der Waals surface area contributed by atoms with Crippen LogP contribution >= 0.6 is 0 Å². The zero-order valence-corrected chi connectivity index (χ0v) is 10.9. The first-order valence-corrected chi connectivity index (χ1v) is 6.81. The summed E-state index contributed by atoms with van der Waals surface area (Å²) in [5.74, 6) is 0. The molecule has 0 bridgehead atoms. The monoisotopic (exact) mass is 230 g/mol. The number of anilines is 1. The molecule has 2 aliphatic heterocycles. The van der Waals surface area contributed by atoms with Gasteiger partial charge in [0.2, 0.25) is 0 Å². The number of nitrogens with zero attached hydrogens (tertiary/aromatic N) is 1. The molecule has 1 aromatic carbocycles. The van der Waals surface area contributed by atoms with Crippen molar-refractivity contribution in [3.05, 3.63) is 29.3 Å². The molecule has 2 saturated heterocycles. The van der Waals surface area contributed by atoms with Crippen molar-refractivity contribution < 1.29 is 0 Å². The van der Waals surface area contributed by atoms with Crippen molar-refractivity contribution >= 4 is 5.69 Å². The van der Waals surface area contributed by atoms with Crippen molar-refractivity contribution in [1.29, 1.82) is 0 Å². The van der Waals surface area contributed by atoms with E-state index in [-0.39, 0.29) is 0 Å². The molecule has 2 heteroatoms. The van der Waals surface area contributed by atoms with Gasteiger partial charge in [0.1, 0.15) is 0 Å². The number of aryl methyl sites for hydroxylation is 2. The van der Waals surface area contributed by atoms with Gasteiger partial charge in [0, 0.05) is 24.3 Å². The molecular weight excluding hydrogens is 208 g/mol. The number of fused-ring (bicyclic) bond motifs is 1. The number of nitrogens with one attached hydrogen (secondary N) is 1. The zero-order chi connectivity index (χ0) is 11.8. The van der Waals surface area contributed by atoms with Gasteiger partial charge >= 0.3 is 0 Å². The van der Waals surface area contributed by atoms with E-state index in [1.54, 1.807) is 0 Å². The first kappa shape index (κ1) is 11.1. The van der Waals surface area contributed by atoms with Crippen LogP contribution in [0.15, 0.2) is 18.2 Å². The first-order valence-electron chi connectivity index (χ1n) is 6.81. The molecule has 92 valence electrons. The molecule has 0 amide bonds. The largest absolute Gasteiger partial charge is 0.381 e. The van der Waals surface area contributed by atoms with E-state index in [1.807, 2.05) is 0 Å². The van der Waals surface area contributed by atoms with Gasteiger partial charge in [-0.3, -0.25) is 4.90 Å². The summed E-state index contributed by atoms with van der Waals surface area (Å²) < 4.78 is 0. The fourth-order valence-electron chi connectivity index (χ4n) is 3.52. The summed E-state index contributed by atoms with van der Waals surface area (Å²) >= 11 is 0. The Bertz CT molecular complexity index is 393. The standard InChI is InChI=1S/C15H22N2/c1-11-8-12(2)10-13(9-11)16-14-5-7-17-6-3-4-15(14)17/h8-10,14-16H,3-7H2,1-2H3. The summed E-state index contributed by atoms with van der Waals surface area (Å²) in [6.07, 6.45) is 4.07. The molecule has 1 N–H and O–H groups in total. The molecule has 3 rings (SSSR count). The second-order valence-electron chi connectivity index (χ2n) is 5.66. The summed E-state index contributed by atoms with van der Waals surface area (Å²) in [7, 11) is 0. The lowest BCUT2D eigenvalue weighted by Gasteiger charge is -2.22. The maximum Gasteiger partial charge on any atom is 0.0429 e. The Labute approximate surface area is 104 Å². The van der Waals surface area contributed by atoms with Gasteiger partial charge in [-0.05, 0) is 62.9 Å². The lowest BCUT2D eigenvalue weighted by molar-refractivity contribution is 0.318. The normalized spacial score (nSPS) is 28.4. The highest BCUT2D eigenvalue weighted by molar-refractivity contribution is 5.49. The second-order valence-corrected chi connectivity index (χ2v) is 5.66. The Morgan fingerprint density at radius 3 is 2.59 bits per heavy atom. The predicted octanol–water partition coefficient (Wildman–Crippen LogP) is 2.95. The van der Waals surface area contributed by atoms with Gasteiger partial charge in [-0.1, -0.05) is 6.07 Å². The molecule has 17 heavy (non-hydrogen) atoms. The summed E-state index contributed by atoms with van der Waals surface area (Å²) in [5.41, 5.74) is 4.02. The second kappa shape index (κ2) is 4.34. The number of hydrogen-bond donors (Lipinski definition) is 1. The van der Waals surface area contributed by atoms with Crippen LogP contribution < -0.4 is 5.32 Å². The molecule has 2 aliphatic rings. The summed E-state index contributed by atoms with van der Waals surface area (Å²) in [6.45, 7) is 6.95. The molecule has 1 aromatic rings. The van der Waals surface area contributed by atoms with Crippen LogP contribution in [0.1, 0.15) is 30.4 Å². The number of rotatable bonds is 2. The maximum atomic E-state index is 3.75. The highest BCUT2D eigenvalue weighted by atomic mass is 15.2. The van der Waals surface area contributed by atoms with Crippen LogP contribution in [0, 0.1) is 13.8 Å². The van der Waals surface area contributed by atoms with E-state index in [2.05, 4.69) is 42.3 Å². The van der Waals surface area contributed by atoms with E-state index in [1.165, 1.54) is 49.2 Å². The van der Waals surface area contributed by atoms with Gasteiger partial charge in [0.05, 0.1) is 0 Å². The molecule has 0 spiro atoms. The first-order chi connectivity index (χ1) is 8.22. The van der Waals surface area contributed by atoms with Crippen LogP contribution in [0.4, 0.5) is 5.69 Å². The Kier molecular flexibility index (Phi) is 2.83. The van der Waals surface area contributed by atoms with Gasteiger partial charge in [0.15, 0.2) is 0 Å². The molecule has 0 aromatic heterocycles. The van der Waals surface area contributed by atoms with Crippen LogP contribution in [0.25, 0.3) is 0 Å². The van der Waals surface area contributed by atoms with E-state index in [0.717, 1.165) is 6.04 Å². The highest BCUT2D eigenvalue weighted by Gasteiger charge is 2.36. The molecule has 2 unspecified atom stereocenters. The molecule has 0 aliphatic carbocycles. The topological polar surface area (TPSA) is 15.3 Å². The van der Waals surface area contributed by atoms with Gasteiger partial charge in [-0.15, -0.1) is 0 Å². The molecule has 2 atom stereocenters. The third-order valence-electron chi connectivity index (χ3n) is 4.18. The predicted molar refractivity (Wildman–Crippen MR) is 72.5 cm³/mol. The fraction of sp³-hybridized carbons (Fsp3) is 0.600. The van der Waals surface area contributed by atoms with E-state index in [9.17, 15) is 0 Å². The average molecular weight is 230 g/mol. The van der Waals surface area contributed by atoms with Crippen molar-refractivity contribution in [2.75, 3.05) is 18.4 Å². The van der Waals surface area contributed by atoms with Crippen LogP contribution in [0.3, 0.4) is 0 Å². The van der Waals surface area contributed by atoms with Crippen molar-refractivity contribution in [3.8, 4) is 0 Å². The summed E-state index contributed by atoms with van der Waals surface area (Å²) in [6, 6.07) is 8.23. The minimum atomic E-state index is 0.665. The van der Waals surface area contributed by atoms with Gasteiger partial charge in [-0.2, -0.15) is 0 Å². The molecular formula is C15H22N2. The molecule has 2 fully saturated rings. The molecule has 0 saturated carbocycles. The minimum Gasteiger partial charge on any atom is -0.381 e. The Balaban J connectivity index is 1.74. The zero-order valence-electron chi connectivity index (χ0n) is 10.9. The van der Waals surface area contributed by atoms with Crippen molar-refractivity contribution in [2.45, 2.75) is 45.2 Å². The van der Waals surface area contributed by atoms with Crippen LogP contribution in [0.2, 0.25) is 0 Å². The summed E-state index contributed by atoms with van der Waals surface area (Å²) in [4.78, 5) is 2.65. The van der Waals surface area contributed by atoms with Gasteiger partial charge in [-0.25, -0.2) is 0 Å². The maximum absolute atomic E-state index is 3.75. The van der Waals surface area contributed by atoms with Crippen molar-refractivity contribution in [3.63, 3.8) is 0 Å². The smallest absolute Gasteiger partial charge is 0.0429 e. The van der Waals surface area contributed by atoms with Gasteiger partial charge in [0.25, 0.3) is 0 Å². The Morgan fingerprint density at radius 1 is 1.06 bits per heavy atom. The summed E-state index contributed by atoms with van der Waals surface area (Å²) in [5, 5.41) is 3.75. The van der Waals surface area contributed by atoms with E-state index < -0.39 is 0 Å². The average Bonchev–Trinajstić information content (AvgIpc) is 2.81. The third kappa shape index (κ3) is 2.19.